The number of aromatic nitrogens is 1. The van der Waals surface area contributed by atoms with Crippen molar-refractivity contribution in [1.29, 1.82) is 0 Å². The molecular formula is C14H10Cl2F3N3O. The first-order chi connectivity index (χ1) is 10.7. The van der Waals surface area contributed by atoms with Gasteiger partial charge >= 0.3 is 12.2 Å². The van der Waals surface area contributed by atoms with Crippen LogP contribution in [0.3, 0.4) is 0 Å². The second kappa shape index (κ2) is 6.64. The number of hydrogen-bond donors (Lipinski definition) is 1. The number of rotatable bonds is 2. The lowest BCUT2D eigenvalue weighted by atomic mass is 10.2. The zero-order chi connectivity index (χ0) is 17.2. The van der Waals surface area contributed by atoms with Gasteiger partial charge < -0.3 is 5.32 Å². The van der Waals surface area contributed by atoms with Gasteiger partial charge in [-0.15, -0.1) is 0 Å². The number of nitrogens with one attached hydrogen (secondary N) is 1. The van der Waals surface area contributed by atoms with Crippen molar-refractivity contribution in [3.8, 4) is 0 Å². The molecule has 2 rings (SSSR count). The van der Waals surface area contributed by atoms with Gasteiger partial charge in [-0.1, -0.05) is 23.2 Å². The van der Waals surface area contributed by atoms with E-state index in [0.717, 1.165) is 11.0 Å². The first-order valence-corrected chi connectivity index (χ1v) is 6.97. The molecule has 1 aromatic heterocycles. The first kappa shape index (κ1) is 17.4. The number of carbonyl (C=O) groups excluding carboxylic acids is 1. The van der Waals surface area contributed by atoms with Crippen molar-refractivity contribution in [2.24, 2.45) is 0 Å². The molecule has 122 valence electrons. The van der Waals surface area contributed by atoms with E-state index in [0.29, 0.717) is 16.8 Å². The summed E-state index contributed by atoms with van der Waals surface area (Å²) in [6.07, 6.45) is -4.59. The van der Waals surface area contributed by atoms with Crippen LogP contribution < -0.4 is 10.2 Å². The van der Waals surface area contributed by atoms with Gasteiger partial charge in [0.05, 0.1) is 5.56 Å². The average molecular weight is 364 g/mol. The van der Waals surface area contributed by atoms with Crippen molar-refractivity contribution >= 4 is 40.7 Å². The van der Waals surface area contributed by atoms with Crippen molar-refractivity contribution < 1.29 is 18.0 Å². The van der Waals surface area contributed by atoms with E-state index in [1.807, 2.05) is 0 Å². The van der Waals surface area contributed by atoms with Crippen molar-refractivity contribution in [2.45, 2.75) is 6.18 Å². The minimum absolute atomic E-state index is 0.226. The lowest BCUT2D eigenvalue weighted by Crippen LogP contribution is -2.32. The Balaban J connectivity index is 2.22. The fourth-order valence-electron chi connectivity index (χ4n) is 1.66. The highest BCUT2D eigenvalue weighted by atomic mass is 35.5. The molecule has 0 aliphatic heterocycles. The van der Waals surface area contributed by atoms with Crippen molar-refractivity contribution in [1.82, 2.24) is 4.98 Å². The van der Waals surface area contributed by atoms with Crippen LogP contribution in [0, 0.1) is 0 Å². The molecule has 0 bridgehead atoms. The van der Waals surface area contributed by atoms with Gasteiger partial charge in [-0.05, 0) is 36.4 Å². The van der Waals surface area contributed by atoms with Gasteiger partial charge in [0.15, 0.2) is 0 Å². The van der Waals surface area contributed by atoms with Crippen LogP contribution >= 0.6 is 23.2 Å². The molecule has 23 heavy (non-hydrogen) atoms. The average Bonchev–Trinajstić information content (AvgIpc) is 2.47. The zero-order valence-electron chi connectivity index (χ0n) is 11.7. The van der Waals surface area contributed by atoms with E-state index in [2.05, 4.69) is 10.3 Å². The molecule has 0 aliphatic rings. The minimum atomic E-state index is -4.59. The predicted octanol–water partition coefficient (Wildman–Crippen LogP) is 5.08. The summed E-state index contributed by atoms with van der Waals surface area (Å²) in [7, 11) is 1.28. The van der Waals surface area contributed by atoms with Crippen LogP contribution in [-0.2, 0) is 6.18 Å². The SMILES string of the molecule is CN(C(=O)Nc1ccc(Cl)cc1)c1cc(C(F)(F)F)cc(Cl)n1. The third-order valence-electron chi connectivity index (χ3n) is 2.85. The van der Waals surface area contributed by atoms with Gasteiger partial charge in [0, 0.05) is 17.8 Å². The number of anilines is 2. The van der Waals surface area contributed by atoms with Crippen molar-refractivity contribution in [2.75, 3.05) is 17.3 Å². The molecule has 0 saturated carbocycles. The summed E-state index contributed by atoms with van der Waals surface area (Å²) in [5.41, 5.74) is -0.553. The molecule has 1 heterocycles. The molecule has 9 heteroatoms. The van der Waals surface area contributed by atoms with Crippen molar-refractivity contribution in [3.05, 3.63) is 52.1 Å². The standard InChI is InChI=1S/C14H10Cl2F3N3O/c1-22(13(23)20-10-4-2-9(15)3-5-10)12-7-8(14(17,18)19)6-11(16)21-12/h2-7H,1H3,(H,20,23). The van der Waals surface area contributed by atoms with Crippen molar-refractivity contribution in [3.63, 3.8) is 0 Å². The van der Waals surface area contributed by atoms with Crippen LogP contribution in [0.2, 0.25) is 10.2 Å². The normalized spacial score (nSPS) is 11.2. The number of pyridine rings is 1. The Bertz CT molecular complexity index is 720. The maximum atomic E-state index is 12.8. The smallest absolute Gasteiger partial charge is 0.308 e. The molecule has 0 unspecified atom stereocenters. The van der Waals surface area contributed by atoms with E-state index in [1.165, 1.54) is 7.05 Å². The van der Waals surface area contributed by atoms with E-state index in [4.69, 9.17) is 23.2 Å². The lowest BCUT2D eigenvalue weighted by Gasteiger charge is -2.18. The molecule has 0 radical (unpaired) electrons. The largest absolute Gasteiger partial charge is 0.416 e. The molecule has 1 aromatic carbocycles. The van der Waals surface area contributed by atoms with Crippen LogP contribution in [0.4, 0.5) is 29.5 Å². The number of urea groups is 1. The van der Waals surface area contributed by atoms with Gasteiger partial charge in [-0.2, -0.15) is 13.2 Å². The highest BCUT2D eigenvalue weighted by Crippen LogP contribution is 2.32. The summed E-state index contributed by atoms with van der Waals surface area (Å²) in [4.78, 5) is 16.7. The Morgan fingerprint density at radius 2 is 1.78 bits per heavy atom. The number of alkyl halides is 3. The molecule has 2 amide bonds. The molecule has 0 atom stereocenters. The number of benzene rings is 1. The van der Waals surface area contributed by atoms with Crippen LogP contribution in [0.5, 0.6) is 0 Å². The minimum Gasteiger partial charge on any atom is -0.308 e. The number of nitrogens with zero attached hydrogens (tertiary/aromatic N) is 2. The van der Waals surface area contributed by atoms with Gasteiger partial charge in [0.2, 0.25) is 0 Å². The summed E-state index contributed by atoms with van der Waals surface area (Å²) in [5.74, 6) is -0.226. The Labute approximate surface area is 139 Å². The van der Waals surface area contributed by atoms with E-state index in [9.17, 15) is 18.0 Å². The third kappa shape index (κ3) is 4.49. The highest BCUT2D eigenvalue weighted by Gasteiger charge is 2.32. The first-order valence-electron chi connectivity index (χ1n) is 6.22. The number of amides is 2. The molecule has 0 spiro atoms. The van der Waals surface area contributed by atoms with Gasteiger partial charge in [-0.3, -0.25) is 4.90 Å². The number of carbonyl (C=O) groups is 1. The summed E-state index contributed by atoms with van der Waals surface area (Å²) >= 11 is 11.3. The fraction of sp³-hybridized carbons (Fsp3) is 0.143. The monoisotopic (exact) mass is 363 g/mol. The van der Waals surface area contributed by atoms with Gasteiger partial charge in [0.1, 0.15) is 11.0 Å². The third-order valence-corrected chi connectivity index (χ3v) is 3.30. The molecule has 2 aromatic rings. The van der Waals surface area contributed by atoms with Crippen LogP contribution in [0.1, 0.15) is 5.56 Å². The van der Waals surface area contributed by atoms with Crippen LogP contribution in [0.25, 0.3) is 0 Å². The Kier molecular flexibility index (Phi) is 5.01. The molecular weight excluding hydrogens is 354 g/mol. The van der Waals surface area contributed by atoms with Gasteiger partial charge in [0.25, 0.3) is 0 Å². The van der Waals surface area contributed by atoms with E-state index in [-0.39, 0.29) is 11.0 Å². The molecule has 1 N–H and O–H groups in total. The molecule has 0 aliphatic carbocycles. The number of halogens is 5. The summed E-state index contributed by atoms with van der Waals surface area (Å²) < 4.78 is 38.3. The molecule has 0 fully saturated rings. The second-order valence-electron chi connectivity index (χ2n) is 4.53. The fourth-order valence-corrected chi connectivity index (χ4v) is 1.99. The van der Waals surface area contributed by atoms with E-state index < -0.39 is 17.8 Å². The molecule has 0 saturated heterocycles. The Hall–Kier alpha value is -1.99. The highest BCUT2D eigenvalue weighted by molar-refractivity contribution is 6.30. The topological polar surface area (TPSA) is 45.2 Å². The Morgan fingerprint density at radius 1 is 1.17 bits per heavy atom. The summed E-state index contributed by atoms with van der Waals surface area (Å²) in [5, 5.41) is 2.64. The predicted molar refractivity (Wildman–Crippen MR) is 83.1 cm³/mol. The van der Waals surface area contributed by atoms with Gasteiger partial charge in [-0.25, -0.2) is 9.78 Å². The number of hydrogen-bond acceptors (Lipinski definition) is 2. The quantitative estimate of drug-likeness (QED) is 0.756. The maximum Gasteiger partial charge on any atom is 0.416 e. The van der Waals surface area contributed by atoms with Crippen LogP contribution in [0.15, 0.2) is 36.4 Å². The van der Waals surface area contributed by atoms with E-state index in [1.54, 1.807) is 24.3 Å². The zero-order valence-corrected chi connectivity index (χ0v) is 13.2. The molecule has 4 nitrogen and oxygen atoms in total. The maximum absolute atomic E-state index is 12.8. The summed E-state index contributed by atoms with van der Waals surface area (Å²) in [6, 6.07) is 7.01. The second-order valence-corrected chi connectivity index (χ2v) is 5.35. The lowest BCUT2D eigenvalue weighted by molar-refractivity contribution is -0.137. The Morgan fingerprint density at radius 3 is 2.35 bits per heavy atom. The van der Waals surface area contributed by atoms with E-state index >= 15 is 0 Å². The summed E-state index contributed by atoms with van der Waals surface area (Å²) in [6.45, 7) is 0. The van der Waals surface area contributed by atoms with Crippen LogP contribution in [-0.4, -0.2) is 18.1 Å².